The Morgan fingerprint density at radius 2 is 1.82 bits per heavy atom. The molecule has 0 bridgehead atoms. The molecule has 12 heteroatoms. The zero-order valence-electron chi connectivity index (χ0n) is 20.2. The highest BCUT2D eigenvalue weighted by atomic mass is 35.5. The Morgan fingerprint density at radius 3 is 2.42 bits per heavy atom. The molecule has 1 heterocycles. The highest BCUT2D eigenvalue weighted by Crippen LogP contribution is 2.35. The first-order valence-electron chi connectivity index (χ1n) is 11.8. The lowest BCUT2D eigenvalue weighted by Crippen LogP contribution is -2.49. The van der Waals surface area contributed by atoms with Crippen LogP contribution in [0, 0.1) is 18.6 Å². The summed E-state index contributed by atoms with van der Waals surface area (Å²) >= 11 is 12.0. The number of alkyl halides is 2. The maximum atomic E-state index is 14.4. The van der Waals surface area contributed by atoms with Crippen LogP contribution in [0.5, 0.6) is 0 Å². The van der Waals surface area contributed by atoms with Crippen molar-refractivity contribution in [2.75, 3.05) is 4.90 Å². The standard InChI is InChI=1S/C26H24Cl2F4N4O2/c1-15-4-2-3-5-18(15)22(25(38)34-16-8-10-26(31,32)11-9-16)36(17-6-7-19(29)20(30)12-17)21(37)13-35-14-33-23(27)24(35)28/h2-7,12,14,16,22H,8-11,13H2,1H3,(H,34,38). The molecule has 0 spiro atoms. The van der Waals surface area contributed by atoms with Gasteiger partial charge in [-0.15, -0.1) is 0 Å². The van der Waals surface area contributed by atoms with Gasteiger partial charge in [-0.05, 0) is 43.0 Å². The number of rotatable bonds is 7. The van der Waals surface area contributed by atoms with Crippen molar-refractivity contribution in [3.63, 3.8) is 0 Å². The maximum Gasteiger partial charge on any atom is 0.248 e. The zero-order chi connectivity index (χ0) is 27.6. The summed E-state index contributed by atoms with van der Waals surface area (Å²) in [6.07, 6.45) is 0.595. The molecule has 202 valence electrons. The van der Waals surface area contributed by atoms with Crippen LogP contribution in [0.15, 0.2) is 48.8 Å². The predicted molar refractivity (Wildman–Crippen MR) is 135 cm³/mol. The Labute approximate surface area is 226 Å². The number of imidazole rings is 1. The van der Waals surface area contributed by atoms with Crippen molar-refractivity contribution in [2.45, 2.75) is 57.2 Å². The Morgan fingerprint density at radius 1 is 1.13 bits per heavy atom. The minimum absolute atomic E-state index is 0.0229. The fraction of sp³-hybridized carbons (Fsp3) is 0.346. The molecule has 1 N–H and O–H groups in total. The van der Waals surface area contributed by atoms with Crippen LogP contribution in [-0.2, 0) is 16.1 Å². The summed E-state index contributed by atoms with van der Waals surface area (Å²) in [7, 11) is 0. The van der Waals surface area contributed by atoms with Crippen molar-refractivity contribution in [1.82, 2.24) is 14.9 Å². The number of nitrogens with one attached hydrogen (secondary N) is 1. The van der Waals surface area contributed by atoms with Gasteiger partial charge >= 0.3 is 0 Å². The number of anilines is 1. The highest BCUT2D eigenvalue weighted by molar-refractivity contribution is 6.40. The minimum Gasteiger partial charge on any atom is -0.351 e. The van der Waals surface area contributed by atoms with Crippen LogP contribution in [0.1, 0.15) is 42.9 Å². The summed E-state index contributed by atoms with van der Waals surface area (Å²) in [5, 5.41) is 2.73. The van der Waals surface area contributed by atoms with Gasteiger partial charge in [0.2, 0.25) is 17.7 Å². The van der Waals surface area contributed by atoms with Gasteiger partial charge in [0, 0.05) is 30.6 Å². The van der Waals surface area contributed by atoms with Gasteiger partial charge < -0.3 is 9.88 Å². The van der Waals surface area contributed by atoms with Gasteiger partial charge in [-0.2, -0.15) is 0 Å². The fourth-order valence-corrected chi connectivity index (χ4v) is 4.81. The molecule has 0 aliphatic heterocycles. The van der Waals surface area contributed by atoms with E-state index in [1.807, 2.05) is 0 Å². The summed E-state index contributed by atoms with van der Waals surface area (Å²) in [4.78, 5) is 32.4. The normalized spacial score (nSPS) is 16.2. The summed E-state index contributed by atoms with van der Waals surface area (Å²) in [5.41, 5.74) is 0.973. The van der Waals surface area contributed by atoms with Crippen molar-refractivity contribution in [1.29, 1.82) is 0 Å². The molecule has 0 radical (unpaired) electrons. The zero-order valence-corrected chi connectivity index (χ0v) is 21.7. The van der Waals surface area contributed by atoms with E-state index in [4.69, 9.17) is 23.2 Å². The lowest BCUT2D eigenvalue weighted by Gasteiger charge is -2.35. The van der Waals surface area contributed by atoms with Crippen LogP contribution < -0.4 is 10.2 Å². The van der Waals surface area contributed by atoms with Crippen LogP contribution in [0.2, 0.25) is 10.3 Å². The first-order valence-corrected chi connectivity index (χ1v) is 12.6. The van der Waals surface area contributed by atoms with Crippen LogP contribution in [-0.4, -0.2) is 33.3 Å². The second kappa shape index (κ2) is 11.3. The van der Waals surface area contributed by atoms with Crippen LogP contribution in [0.3, 0.4) is 0 Å². The number of amides is 2. The molecule has 4 rings (SSSR count). The van der Waals surface area contributed by atoms with E-state index >= 15 is 0 Å². The molecule has 6 nitrogen and oxygen atoms in total. The monoisotopic (exact) mass is 570 g/mol. The van der Waals surface area contributed by atoms with Crippen molar-refractivity contribution >= 4 is 40.7 Å². The summed E-state index contributed by atoms with van der Waals surface area (Å²) in [6, 6.07) is 7.74. The largest absolute Gasteiger partial charge is 0.351 e. The quantitative estimate of drug-likeness (QED) is 0.342. The molecule has 2 aromatic carbocycles. The molecule has 3 aromatic rings. The molecule has 1 aromatic heterocycles. The molecular weight excluding hydrogens is 547 g/mol. The number of benzene rings is 2. The van der Waals surface area contributed by atoms with Crippen LogP contribution in [0.25, 0.3) is 0 Å². The Kier molecular flexibility index (Phi) is 8.32. The number of nitrogens with zero attached hydrogens (tertiary/aromatic N) is 3. The average Bonchev–Trinajstić information content (AvgIpc) is 3.18. The fourth-order valence-electron chi connectivity index (χ4n) is 4.50. The topological polar surface area (TPSA) is 67.2 Å². The minimum atomic E-state index is -2.80. The van der Waals surface area contributed by atoms with E-state index in [2.05, 4.69) is 10.3 Å². The number of hydrogen-bond acceptors (Lipinski definition) is 3. The number of aromatic nitrogens is 2. The Balaban J connectivity index is 1.77. The number of hydrogen-bond donors (Lipinski definition) is 1. The van der Waals surface area contributed by atoms with E-state index in [9.17, 15) is 27.2 Å². The lowest BCUT2D eigenvalue weighted by atomic mass is 9.91. The van der Waals surface area contributed by atoms with Gasteiger partial charge in [-0.3, -0.25) is 14.5 Å². The molecule has 2 amide bonds. The van der Waals surface area contributed by atoms with E-state index in [0.29, 0.717) is 11.1 Å². The molecule has 38 heavy (non-hydrogen) atoms. The Hall–Kier alpha value is -3.11. The molecule has 0 saturated heterocycles. The van der Waals surface area contributed by atoms with E-state index in [1.165, 1.54) is 17.0 Å². The van der Waals surface area contributed by atoms with Gasteiger partial charge in [0.15, 0.2) is 16.8 Å². The third kappa shape index (κ3) is 6.13. The second-order valence-electron chi connectivity index (χ2n) is 9.21. The molecule has 1 atom stereocenters. The molecule has 1 fully saturated rings. The molecule has 1 aliphatic rings. The van der Waals surface area contributed by atoms with Crippen molar-refractivity contribution < 1.29 is 27.2 Å². The third-order valence-corrected chi connectivity index (χ3v) is 7.31. The highest BCUT2D eigenvalue weighted by Gasteiger charge is 2.39. The summed E-state index contributed by atoms with van der Waals surface area (Å²) in [6.45, 7) is 1.31. The molecule has 1 unspecified atom stereocenters. The number of aryl methyl sites for hydroxylation is 1. The van der Waals surface area contributed by atoms with Gasteiger partial charge in [-0.1, -0.05) is 47.5 Å². The first kappa shape index (κ1) is 27.9. The number of halogens is 6. The van der Waals surface area contributed by atoms with E-state index < -0.39 is 48.0 Å². The van der Waals surface area contributed by atoms with Crippen molar-refractivity contribution in [3.05, 3.63) is 81.9 Å². The van der Waals surface area contributed by atoms with Gasteiger partial charge in [0.25, 0.3) is 0 Å². The van der Waals surface area contributed by atoms with Crippen molar-refractivity contribution in [3.8, 4) is 0 Å². The van der Waals surface area contributed by atoms with Gasteiger partial charge in [-0.25, -0.2) is 22.5 Å². The average molecular weight is 571 g/mol. The smallest absolute Gasteiger partial charge is 0.248 e. The summed E-state index contributed by atoms with van der Waals surface area (Å²) < 4.78 is 56.8. The van der Waals surface area contributed by atoms with Gasteiger partial charge in [0.1, 0.15) is 17.7 Å². The van der Waals surface area contributed by atoms with Crippen molar-refractivity contribution in [2.24, 2.45) is 0 Å². The second-order valence-corrected chi connectivity index (χ2v) is 9.93. The summed E-state index contributed by atoms with van der Waals surface area (Å²) in [5.74, 6) is -6.50. The molecule has 1 saturated carbocycles. The third-order valence-electron chi connectivity index (χ3n) is 6.54. The van der Waals surface area contributed by atoms with Gasteiger partial charge in [0.05, 0.1) is 6.33 Å². The first-order chi connectivity index (χ1) is 18.0. The number of carbonyl (C=O) groups excluding carboxylic acids is 2. The lowest BCUT2D eigenvalue weighted by molar-refractivity contribution is -0.128. The van der Waals surface area contributed by atoms with E-state index in [1.54, 1.807) is 31.2 Å². The predicted octanol–water partition coefficient (Wildman–Crippen LogP) is 6.25. The number of carbonyl (C=O) groups is 2. The molecular formula is C26H24Cl2F4N4O2. The van der Waals surface area contributed by atoms with Crippen LogP contribution >= 0.6 is 23.2 Å². The maximum absolute atomic E-state index is 14.4. The SMILES string of the molecule is Cc1ccccc1C(C(=O)NC1CCC(F)(F)CC1)N(C(=O)Cn1cnc(Cl)c1Cl)c1ccc(F)c(F)c1. The van der Waals surface area contributed by atoms with E-state index in [0.717, 1.165) is 17.0 Å². The van der Waals surface area contributed by atoms with E-state index in [-0.39, 0.29) is 41.7 Å². The molecule has 1 aliphatic carbocycles. The van der Waals surface area contributed by atoms with Crippen LogP contribution in [0.4, 0.5) is 23.2 Å². The Bertz CT molecular complexity index is 1340.